The molecule has 0 bridgehead atoms. The van der Waals surface area contributed by atoms with Gasteiger partial charge in [-0.05, 0) is 25.7 Å². The first-order valence-corrected chi connectivity index (χ1v) is 8.42. The van der Waals surface area contributed by atoms with Crippen molar-refractivity contribution in [3.63, 3.8) is 0 Å². The Hall–Kier alpha value is -1.15. The number of piperidine rings is 1. The molecule has 0 radical (unpaired) electrons. The SMILES string of the molecule is CS(=O)(=O)N1CCC(Nc2nnc(C3CC3)o2)CC1. The van der Waals surface area contributed by atoms with E-state index in [2.05, 4.69) is 15.5 Å². The second-order valence-corrected chi connectivity index (χ2v) is 7.28. The third kappa shape index (κ3) is 3.06. The highest BCUT2D eigenvalue weighted by molar-refractivity contribution is 7.88. The predicted octanol–water partition coefficient (Wildman–Crippen LogP) is 0.783. The van der Waals surface area contributed by atoms with Gasteiger partial charge in [-0.1, -0.05) is 5.10 Å². The lowest BCUT2D eigenvalue weighted by Crippen LogP contribution is -2.41. The Kier molecular flexibility index (Phi) is 3.22. The molecule has 1 aromatic heterocycles. The fourth-order valence-electron chi connectivity index (χ4n) is 2.29. The summed E-state index contributed by atoms with van der Waals surface area (Å²) in [7, 11) is -3.07. The number of nitrogens with zero attached hydrogens (tertiary/aromatic N) is 3. The van der Waals surface area contributed by atoms with Gasteiger partial charge in [0.25, 0.3) is 0 Å². The molecule has 106 valence electrons. The van der Waals surface area contributed by atoms with Gasteiger partial charge < -0.3 is 9.73 Å². The lowest BCUT2D eigenvalue weighted by atomic mass is 10.1. The number of nitrogens with one attached hydrogen (secondary N) is 1. The minimum absolute atomic E-state index is 0.200. The average Bonchev–Trinajstić information content (AvgIpc) is 3.10. The van der Waals surface area contributed by atoms with Gasteiger partial charge in [-0.3, -0.25) is 0 Å². The summed E-state index contributed by atoms with van der Waals surface area (Å²) in [5.41, 5.74) is 0. The lowest BCUT2D eigenvalue weighted by molar-refractivity contribution is 0.328. The maximum atomic E-state index is 11.4. The summed E-state index contributed by atoms with van der Waals surface area (Å²) in [6, 6.07) is 0.658. The number of hydrogen-bond donors (Lipinski definition) is 1. The van der Waals surface area contributed by atoms with Crippen molar-refractivity contribution in [3.8, 4) is 0 Å². The molecule has 1 saturated carbocycles. The van der Waals surface area contributed by atoms with Gasteiger partial charge in [0.2, 0.25) is 15.9 Å². The van der Waals surface area contributed by atoms with E-state index in [0.29, 0.717) is 25.0 Å². The molecule has 1 aromatic rings. The van der Waals surface area contributed by atoms with E-state index < -0.39 is 10.0 Å². The summed E-state index contributed by atoms with van der Waals surface area (Å²) in [6.07, 6.45) is 5.03. The third-order valence-electron chi connectivity index (χ3n) is 3.62. The monoisotopic (exact) mass is 286 g/mol. The van der Waals surface area contributed by atoms with Gasteiger partial charge in [0.1, 0.15) is 0 Å². The van der Waals surface area contributed by atoms with Crippen molar-refractivity contribution in [3.05, 3.63) is 5.89 Å². The number of anilines is 1. The maximum absolute atomic E-state index is 11.4. The molecule has 1 aliphatic heterocycles. The highest BCUT2D eigenvalue weighted by Gasteiger charge is 2.30. The Labute approximate surface area is 112 Å². The largest absolute Gasteiger partial charge is 0.408 e. The number of aromatic nitrogens is 2. The van der Waals surface area contributed by atoms with Gasteiger partial charge >= 0.3 is 6.01 Å². The van der Waals surface area contributed by atoms with Crippen molar-refractivity contribution in [1.82, 2.24) is 14.5 Å². The van der Waals surface area contributed by atoms with E-state index in [1.165, 1.54) is 10.6 Å². The molecule has 0 atom stereocenters. The van der Waals surface area contributed by atoms with Crippen molar-refractivity contribution in [2.75, 3.05) is 24.7 Å². The Morgan fingerprint density at radius 1 is 1.21 bits per heavy atom. The summed E-state index contributed by atoms with van der Waals surface area (Å²) >= 11 is 0. The molecule has 0 spiro atoms. The molecular weight excluding hydrogens is 268 g/mol. The minimum Gasteiger partial charge on any atom is -0.408 e. The highest BCUT2D eigenvalue weighted by atomic mass is 32.2. The van der Waals surface area contributed by atoms with E-state index in [1.54, 1.807) is 0 Å². The van der Waals surface area contributed by atoms with Crippen LogP contribution in [-0.4, -0.2) is 48.3 Å². The minimum atomic E-state index is -3.07. The fourth-order valence-corrected chi connectivity index (χ4v) is 3.17. The smallest absolute Gasteiger partial charge is 0.315 e. The molecule has 0 aromatic carbocycles. The first-order chi connectivity index (χ1) is 9.02. The molecule has 0 unspecified atom stereocenters. The number of rotatable bonds is 4. The predicted molar refractivity (Wildman–Crippen MR) is 69.3 cm³/mol. The Morgan fingerprint density at radius 2 is 1.89 bits per heavy atom. The van der Waals surface area contributed by atoms with E-state index in [4.69, 9.17) is 4.42 Å². The van der Waals surface area contributed by atoms with Crippen molar-refractivity contribution in [2.45, 2.75) is 37.6 Å². The molecule has 0 amide bonds. The van der Waals surface area contributed by atoms with E-state index in [-0.39, 0.29) is 6.04 Å². The van der Waals surface area contributed by atoms with Crippen LogP contribution in [0.1, 0.15) is 37.5 Å². The zero-order valence-electron chi connectivity index (χ0n) is 10.9. The lowest BCUT2D eigenvalue weighted by Gasteiger charge is -2.30. The Morgan fingerprint density at radius 3 is 2.47 bits per heavy atom. The molecule has 3 rings (SSSR count). The number of hydrogen-bond acceptors (Lipinski definition) is 6. The molecule has 2 fully saturated rings. The summed E-state index contributed by atoms with van der Waals surface area (Å²) in [5.74, 6) is 1.17. The zero-order chi connectivity index (χ0) is 13.5. The third-order valence-corrected chi connectivity index (χ3v) is 4.92. The van der Waals surface area contributed by atoms with Crippen molar-refractivity contribution in [1.29, 1.82) is 0 Å². The van der Waals surface area contributed by atoms with E-state index in [9.17, 15) is 8.42 Å². The molecule has 2 heterocycles. The highest BCUT2D eigenvalue weighted by Crippen LogP contribution is 2.39. The molecule has 1 aliphatic carbocycles. The molecular formula is C11H18N4O3S. The van der Waals surface area contributed by atoms with Gasteiger partial charge in [0.15, 0.2) is 0 Å². The van der Waals surface area contributed by atoms with Gasteiger partial charge in [-0.2, -0.15) is 0 Å². The van der Waals surface area contributed by atoms with Crippen LogP contribution in [0.5, 0.6) is 0 Å². The normalized spacial score (nSPS) is 22.6. The molecule has 2 aliphatic rings. The quantitative estimate of drug-likeness (QED) is 0.880. The van der Waals surface area contributed by atoms with Gasteiger partial charge in [-0.15, -0.1) is 5.10 Å². The summed E-state index contributed by atoms with van der Waals surface area (Å²) in [4.78, 5) is 0. The van der Waals surface area contributed by atoms with Crippen LogP contribution in [0.4, 0.5) is 6.01 Å². The van der Waals surface area contributed by atoms with Crippen LogP contribution in [0, 0.1) is 0 Å². The standard InChI is InChI=1S/C11H18N4O3S/c1-19(16,17)15-6-4-9(5-7-15)12-11-14-13-10(18-11)8-2-3-8/h8-9H,2-7H2,1H3,(H,12,14). The zero-order valence-corrected chi connectivity index (χ0v) is 11.7. The molecule has 19 heavy (non-hydrogen) atoms. The molecule has 8 heteroatoms. The van der Waals surface area contributed by atoms with Crippen LogP contribution in [0.2, 0.25) is 0 Å². The van der Waals surface area contributed by atoms with Crippen LogP contribution in [0.15, 0.2) is 4.42 Å². The summed E-state index contributed by atoms with van der Waals surface area (Å²) in [6.45, 7) is 1.08. The Bertz CT molecular complexity index is 544. The molecule has 1 N–H and O–H groups in total. The maximum Gasteiger partial charge on any atom is 0.315 e. The number of sulfonamides is 1. The van der Waals surface area contributed by atoms with Crippen LogP contribution >= 0.6 is 0 Å². The summed E-state index contributed by atoms with van der Waals surface area (Å²) < 4.78 is 29.9. The van der Waals surface area contributed by atoms with Crippen LogP contribution in [-0.2, 0) is 10.0 Å². The first-order valence-electron chi connectivity index (χ1n) is 6.57. The summed E-state index contributed by atoms with van der Waals surface area (Å²) in [5, 5.41) is 11.2. The van der Waals surface area contributed by atoms with Crippen molar-refractivity contribution >= 4 is 16.0 Å². The fraction of sp³-hybridized carbons (Fsp3) is 0.818. The van der Waals surface area contributed by atoms with Crippen LogP contribution < -0.4 is 5.32 Å². The van der Waals surface area contributed by atoms with Gasteiger partial charge in [0.05, 0.1) is 6.26 Å². The van der Waals surface area contributed by atoms with E-state index in [0.717, 1.165) is 31.6 Å². The van der Waals surface area contributed by atoms with Crippen LogP contribution in [0.3, 0.4) is 0 Å². The van der Waals surface area contributed by atoms with E-state index >= 15 is 0 Å². The Balaban J connectivity index is 1.54. The average molecular weight is 286 g/mol. The first kappa shape index (κ1) is 12.9. The second-order valence-electron chi connectivity index (χ2n) is 5.30. The van der Waals surface area contributed by atoms with E-state index in [1.807, 2.05) is 0 Å². The van der Waals surface area contributed by atoms with Crippen molar-refractivity contribution in [2.24, 2.45) is 0 Å². The van der Waals surface area contributed by atoms with Gasteiger partial charge in [-0.25, -0.2) is 12.7 Å². The molecule has 7 nitrogen and oxygen atoms in total. The second kappa shape index (κ2) is 4.75. The van der Waals surface area contributed by atoms with Crippen LogP contribution in [0.25, 0.3) is 0 Å². The van der Waals surface area contributed by atoms with Crippen molar-refractivity contribution < 1.29 is 12.8 Å². The van der Waals surface area contributed by atoms with Gasteiger partial charge in [0, 0.05) is 25.0 Å². The topological polar surface area (TPSA) is 88.3 Å². The molecule has 1 saturated heterocycles.